The minimum Gasteiger partial charge on any atom is -0.494 e. The molecule has 2 bridgehead atoms. The lowest BCUT2D eigenvalue weighted by Crippen LogP contribution is -2.48. The van der Waals surface area contributed by atoms with Crippen LogP contribution in [0.4, 0.5) is 0 Å². The molecule has 2 fully saturated rings. The van der Waals surface area contributed by atoms with Crippen LogP contribution in [0.25, 0.3) is 0 Å². The number of rotatable bonds is 6. The van der Waals surface area contributed by atoms with Gasteiger partial charge >= 0.3 is 0 Å². The maximum atomic E-state index is 12.0. The summed E-state index contributed by atoms with van der Waals surface area (Å²) in [4.78, 5) is 12.0. The van der Waals surface area contributed by atoms with E-state index in [-0.39, 0.29) is 18.6 Å². The first kappa shape index (κ1) is 15.2. The summed E-state index contributed by atoms with van der Waals surface area (Å²) in [5, 5.41) is 6.67. The van der Waals surface area contributed by atoms with Gasteiger partial charge in [-0.1, -0.05) is 0 Å². The third-order valence-electron chi connectivity index (χ3n) is 4.34. The van der Waals surface area contributed by atoms with E-state index in [4.69, 9.17) is 9.47 Å². The number of fused-ring (bicyclic) bond motifs is 2. The summed E-state index contributed by atoms with van der Waals surface area (Å²) >= 11 is 0. The van der Waals surface area contributed by atoms with Crippen molar-refractivity contribution in [1.82, 2.24) is 10.6 Å². The number of carbonyl (C=O) groups is 1. The van der Waals surface area contributed by atoms with Crippen LogP contribution in [0.15, 0.2) is 24.3 Å². The third-order valence-corrected chi connectivity index (χ3v) is 4.34. The van der Waals surface area contributed by atoms with Crippen LogP contribution in [-0.2, 0) is 4.79 Å². The lowest BCUT2D eigenvalue weighted by Gasteiger charge is -2.29. The lowest BCUT2D eigenvalue weighted by atomic mass is 10.00. The molecule has 3 rings (SSSR count). The quantitative estimate of drug-likeness (QED) is 0.842. The predicted octanol–water partition coefficient (Wildman–Crippen LogP) is 1.86. The van der Waals surface area contributed by atoms with E-state index < -0.39 is 0 Å². The molecule has 0 spiro atoms. The minimum absolute atomic E-state index is 0.0415. The Labute approximate surface area is 131 Å². The Bertz CT molecular complexity index is 491. The van der Waals surface area contributed by atoms with E-state index >= 15 is 0 Å². The Balaban J connectivity index is 1.42. The fraction of sp³-hybridized carbons (Fsp3) is 0.588. The van der Waals surface area contributed by atoms with Crippen molar-refractivity contribution in [2.45, 2.75) is 50.7 Å². The van der Waals surface area contributed by atoms with Gasteiger partial charge in [-0.05, 0) is 56.9 Å². The minimum atomic E-state index is -0.0415. The average Bonchev–Trinajstić information content (AvgIpc) is 2.86. The van der Waals surface area contributed by atoms with Gasteiger partial charge in [0.1, 0.15) is 11.5 Å². The van der Waals surface area contributed by atoms with Crippen molar-refractivity contribution in [3.05, 3.63) is 24.3 Å². The molecule has 0 aliphatic carbocycles. The number of piperidine rings is 1. The molecule has 5 heteroatoms. The summed E-state index contributed by atoms with van der Waals surface area (Å²) in [6.07, 6.45) is 4.54. The molecule has 5 nitrogen and oxygen atoms in total. The van der Waals surface area contributed by atoms with Crippen molar-refractivity contribution < 1.29 is 14.3 Å². The smallest absolute Gasteiger partial charge is 0.258 e. The topological polar surface area (TPSA) is 59.6 Å². The lowest BCUT2D eigenvalue weighted by molar-refractivity contribution is -0.124. The summed E-state index contributed by atoms with van der Waals surface area (Å²) in [6.45, 7) is 2.65. The van der Waals surface area contributed by atoms with Gasteiger partial charge < -0.3 is 20.1 Å². The number of amides is 1. The molecule has 2 aliphatic rings. The molecule has 0 saturated carbocycles. The van der Waals surface area contributed by atoms with Gasteiger partial charge in [-0.25, -0.2) is 0 Å². The number of hydrogen-bond donors (Lipinski definition) is 2. The van der Waals surface area contributed by atoms with E-state index in [0.717, 1.165) is 18.6 Å². The van der Waals surface area contributed by atoms with E-state index in [2.05, 4.69) is 10.6 Å². The summed E-state index contributed by atoms with van der Waals surface area (Å²) < 4.78 is 10.9. The Morgan fingerprint density at radius 3 is 2.32 bits per heavy atom. The van der Waals surface area contributed by atoms with Gasteiger partial charge in [-0.2, -0.15) is 0 Å². The first-order valence-corrected chi connectivity index (χ1v) is 8.14. The van der Waals surface area contributed by atoms with Gasteiger partial charge in [-0.3, -0.25) is 4.79 Å². The van der Waals surface area contributed by atoms with Gasteiger partial charge in [0.15, 0.2) is 6.61 Å². The molecule has 2 saturated heterocycles. The molecule has 2 atom stereocenters. The number of hydrogen-bond acceptors (Lipinski definition) is 4. The van der Waals surface area contributed by atoms with Crippen LogP contribution in [0.1, 0.15) is 32.6 Å². The van der Waals surface area contributed by atoms with Crippen LogP contribution >= 0.6 is 0 Å². The molecule has 0 radical (unpaired) electrons. The molecule has 0 aromatic heterocycles. The molecular weight excluding hydrogens is 280 g/mol. The number of benzene rings is 1. The van der Waals surface area contributed by atoms with Crippen molar-refractivity contribution in [2.75, 3.05) is 13.2 Å². The van der Waals surface area contributed by atoms with Crippen molar-refractivity contribution in [1.29, 1.82) is 0 Å². The van der Waals surface area contributed by atoms with Crippen molar-refractivity contribution in [3.63, 3.8) is 0 Å². The summed E-state index contributed by atoms with van der Waals surface area (Å²) in [6, 6.07) is 8.79. The standard InChI is InChI=1S/C17H24N2O3/c1-2-21-15-5-7-16(8-6-15)22-11-17(20)19-14-9-12-3-4-13(10-14)18-12/h5-8,12-14,18H,2-4,9-11H2,1H3,(H,19,20). The fourth-order valence-electron chi connectivity index (χ4n) is 3.39. The molecule has 22 heavy (non-hydrogen) atoms. The molecule has 2 unspecified atom stereocenters. The van der Waals surface area contributed by atoms with E-state index in [9.17, 15) is 4.79 Å². The Hall–Kier alpha value is -1.75. The Kier molecular flexibility index (Phi) is 4.83. The van der Waals surface area contributed by atoms with Gasteiger partial charge in [0.05, 0.1) is 6.61 Å². The Morgan fingerprint density at radius 1 is 1.14 bits per heavy atom. The highest BCUT2D eigenvalue weighted by molar-refractivity contribution is 5.77. The van der Waals surface area contributed by atoms with Crippen LogP contribution in [0.5, 0.6) is 11.5 Å². The highest BCUT2D eigenvalue weighted by Crippen LogP contribution is 2.26. The second-order valence-electron chi connectivity index (χ2n) is 6.07. The van der Waals surface area contributed by atoms with E-state index in [1.807, 2.05) is 31.2 Å². The normalized spacial score (nSPS) is 26.5. The van der Waals surface area contributed by atoms with E-state index in [0.29, 0.717) is 24.4 Å². The van der Waals surface area contributed by atoms with Crippen LogP contribution in [0, 0.1) is 0 Å². The van der Waals surface area contributed by atoms with Crippen molar-refractivity contribution in [2.24, 2.45) is 0 Å². The van der Waals surface area contributed by atoms with Crippen molar-refractivity contribution >= 4 is 5.91 Å². The highest BCUT2D eigenvalue weighted by Gasteiger charge is 2.33. The zero-order valence-electron chi connectivity index (χ0n) is 13.0. The van der Waals surface area contributed by atoms with Crippen LogP contribution in [0.3, 0.4) is 0 Å². The average molecular weight is 304 g/mol. The Morgan fingerprint density at radius 2 is 1.73 bits per heavy atom. The first-order valence-electron chi connectivity index (χ1n) is 8.14. The monoisotopic (exact) mass is 304 g/mol. The van der Waals surface area contributed by atoms with Crippen molar-refractivity contribution in [3.8, 4) is 11.5 Å². The molecule has 120 valence electrons. The zero-order chi connectivity index (χ0) is 15.4. The van der Waals surface area contributed by atoms with Gasteiger partial charge in [0.2, 0.25) is 0 Å². The van der Waals surface area contributed by atoms with Gasteiger partial charge in [0.25, 0.3) is 5.91 Å². The molecule has 1 amide bonds. The SMILES string of the molecule is CCOc1ccc(OCC(=O)NC2CC3CCC(C2)N3)cc1. The second kappa shape index (κ2) is 7.01. The fourth-order valence-corrected chi connectivity index (χ4v) is 3.39. The second-order valence-corrected chi connectivity index (χ2v) is 6.07. The van der Waals surface area contributed by atoms with E-state index in [1.165, 1.54) is 12.8 Å². The van der Waals surface area contributed by atoms with Gasteiger partial charge in [0, 0.05) is 18.1 Å². The van der Waals surface area contributed by atoms with Crippen LogP contribution < -0.4 is 20.1 Å². The largest absolute Gasteiger partial charge is 0.494 e. The maximum absolute atomic E-state index is 12.0. The number of ether oxygens (including phenoxy) is 2. The number of carbonyl (C=O) groups excluding carboxylic acids is 1. The predicted molar refractivity (Wildman–Crippen MR) is 84.2 cm³/mol. The first-order chi connectivity index (χ1) is 10.7. The molecule has 2 aliphatic heterocycles. The summed E-state index contributed by atoms with van der Waals surface area (Å²) in [5.41, 5.74) is 0. The molecule has 2 heterocycles. The van der Waals surface area contributed by atoms with E-state index in [1.54, 1.807) is 0 Å². The molecule has 2 N–H and O–H groups in total. The van der Waals surface area contributed by atoms with Crippen LogP contribution in [0.2, 0.25) is 0 Å². The van der Waals surface area contributed by atoms with Crippen LogP contribution in [-0.4, -0.2) is 37.2 Å². The molecule has 1 aromatic carbocycles. The summed E-state index contributed by atoms with van der Waals surface area (Å²) in [7, 11) is 0. The molecule has 1 aromatic rings. The highest BCUT2D eigenvalue weighted by atomic mass is 16.5. The zero-order valence-corrected chi connectivity index (χ0v) is 13.0. The summed E-state index contributed by atoms with van der Waals surface area (Å²) in [5.74, 6) is 1.45. The third kappa shape index (κ3) is 3.91. The maximum Gasteiger partial charge on any atom is 0.258 e. The number of nitrogens with one attached hydrogen (secondary N) is 2. The molecular formula is C17H24N2O3. The van der Waals surface area contributed by atoms with Gasteiger partial charge in [-0.15, -0.1) is 0 Å².